The average molecular weight is 608 g/mol. The van der Waals surface area contributed by atoms with Crippen LogP contribution in [0.3, 0.4) is 0 Å². The van der Waals surface area contributed by atoms with Gasteiger partial charge in [-0.25, -0.2) is 0 Å². The van der Waals surface area contributed by atoms with E-state index in [-0.39, 0.29) is 23.7 Å². The summed E-state index contributed by atoms with van der Waals surface area (Å²) in [5, 5.41) is 0. The monoisotopic (exact) mass is 606 g/mol. The van der Waals surface area contributed by atoms with Gasteiger partial charge in [-0.05, 0) is 102 Å². The summed E-state index contributed by atoms with van der Waals surface area (Å²) in [7, 11) is 0. The average Bonchev–Trinajstić information content (AvgIpc) is 2.66. The predicted octanol–water partition coefficient (Wildman–Crippen LogP) is 10.6. The van der Waals surface area contributed by atoms with Crippen LogP contribution in [0, 0.1) is 0 Å². The van der Waals surface area contributed by atoms with Gasteiger partial charge >= 0.3 is 0 Å². The Morgan fingerprint density at radius 1 is 0.697 bits per heavy atom. The van der Waals surface area contributed by atoms with Crippen LogP contribution in [-0.4, -0.2) is 0 Å². The Morgan fingerprint density at radius 2 is 1.03 bits per heavy atom. The van der Waals surface area contributed by atoms with Crippen LogP contribution in [0.25, 0.3) is 0 Å². The third kappa shape index (κ3) is 7.46. The van der Waals surface area contributed by atoms with Gasteiger partial charge in [0.1, 0.15) is 0 Å². The van der Waals surface area contributed by atoms with Crippen molar-refractivity contribution >= 4 is 43.6 Å². The first kappa shape index (κ1) is 28.2. The highest BCUT2D eigenvalue weighted by molar-refractivity contribution is 9.11. The molecule has 2 aromatic carbocycles. The molecule has 7 heteroatoms. The van der Waals surface area contributed by atoms with Gasteiger partial charge in [-0.3, -0.25) is 0 Å². The summed E-state index contributed by atoms with van der Waals surface area (Å²) in [5.74, 6) is 0. The van der Waals surface area contributed by atoms with Crippen molar-refractivity contribution in [3.05, 3.63) is 79.8 Å². The summed E-state index contributed by atoms with van der Waals surface area (Å²) in [4.78, 5) is 1.74. The molecule has 0 nitrogen and oxygen atoms in total. The second-order valence-electron chi connectivity index (χ2n) is 9.81. The molecule has 0 radical (unpaired) electrons. The maximum absolute atomic E-state index is 12.9. The maximum atomic E-state index is 12.9. The molecule has 2 rings (SSSR count). The largest absolute Gasteiger partial charge is 0.266 e. The van der Waals surface area contributed by atoms with Gasteiger partial charge in [-0.2, -0.15) is 17.6 Å². The molecule has 0 aliphatic heterocycles. The molecule has 0 amide bonds. The van der Waals surface area contributed by atoms with Gasteiger partial charge in [0.25, 0.3) is 12.2 Å². The Bertz CT molecular complexity index is 984. The topological polar surface area (TPSA) is 0 Å². The van der Waals surface area contributed by atoms with Gasteiger partial charge < -0.3 is 0 Å². The van der Waals surface area contributed by atoms with Crippen molar-refractivity contribution in [2.24, 2.45) is 0 Å². The van der Waals surface area contributed by atoms with E-state index in [1.165, 1.54) is 11.8 Å². The number of halogens is 6. The summed E-state index contributed by atoms with van der Waals surface area (Å²) < 4.78 is 53.0. The minimum atomic E-state index is -1.71. The van der Waals surface area contributed by atoms with Crippen LogP contribution in [0.4, 0.5) is 17.6 Å². The van der Waals surface area contributed by atoms with E-state index in [9.17, 15) is 17.6 Å². The number of rotatable bonds is 6. The smallest absolute Gasteiger partial charge is 0.174 e. The molecule has 0 bridgehead atoms. The van der Waals surface area contributed by atoms with Gasteiger partial charge in [0, 0.05) is 18.7 Å². The minimum absolute atomic E-state index is 0.111. The van der Waals surface area contributed by atoms with Crippen LogP contribution in [0.15, 0.2) is 67.3 Å². The van der Waals surface area contributed by atoms with Gasteiger partial charge in [0.2, 0.25) is 0 Å². The zero-order chi connectivity index (χ0) is 25.1. The summed E-state index contributed by atoms with van der Waals surface area (Å²) in [6, 6.07) is 7.90. The first-order valence-corrected chi connectivity index (χ1v) is 12.9. The third-order valence-electron chi connectivity index (χ3n) is 5.17. The number of hydrogen-bond donors (Lipinski definition) is 0. The number of hydrogen-bond acceptors (Lipinski definition) is 1. The van der Waals surface area contributed by atoms with E-state index in [4.69, 9.17) is 0 Å². The SMILES string of the molecule is CC(C)(C)c1ccc(Sc2ccc(C(C)(C)C)c(CC=C(F)F)c2Br)c(Br)c1CC=C(F)F. The second kappa shape index (κ2) is 11.1. The lowest BCUT2D eigenvalue weighted by Crippen LogP contribution is -2.15. The molecular formula is C26H28Br2F4S. The highest BCUT2D eigenvalue weighted by atomic mass is 79.9. The molecule has 0 unspecified atom stereocenters. The molecule has 0 N–H and O–H groups in total. The Kier molecular flexibility index (Phi) is 9.50. The van der Waals surface area contributed by atoms with Crippen LogP contribution in [0.1, 0.15) is 63.8 Å². The summed E-state index contributed by atoms with van der Waals surface area (Å²) >= 11 is 8.77. The van der Waals surface area contributed by atoms with Gasteiger partial charge in [-0.1, -0.05) is 65.4 Å². The molecule has 0 spiro atoms. The van der Waals surface area contributed by atoms with Crippen LogP contribution < -0.4 is 0 Å². The van der Waals surface area contributed by atoms with E-state index in [1.807, 2.05) is 65.8 Å². The molecule has 0 aliphatic carbocycles. The summed E-state index contributed by atoms with van der Waals surface area (Å²) in [6.07, 6.45) is -1.35. The van der Waals surface area contributed by atoms with Gasteiger partial charge in [0.05, 0.1) is 0 Å². The van der Waals surface area contributed by atoms with E-state index < -0.39 is 12.2 Å². The number of allylic oxidation sites excluding steroid dienone is 2. The van der Waals surface area contributed by atoms with E-state index in [2.05, 4.69) is 31.9 Å². The van der Waals surface area contributed by atoms with E-state index in [0.717, 1.165) is 53.1 Å². The molecule has 0 aliphatic rings. The van der Waals surface area contributed by atoms with Crippen LogP contribution in [0.5, 0.6) is 0 Å². The summed E-state index contributed by atoms with van der Waals surface area (Å²) in [5.41, 5.74) is 3.17. The normalized spacial score (nSPS) is 12.0. The van der Waals surface area contributed by atoms with Crippen molar-refractivity contribution < 1.29 is 17.6 Å². The standard InChI is InChI=1S/C26H28Br2F4S/c1-25(2,3)17-9-11-19(23(27)15(17)7-13-21(29)30)33-20-12-10-18(26(4,5)6)16(24(20)28)8-14-22(31)32/h9-14H,7-8H2,1-6H3. The Labute approximate surface area is 215 Å². The highest BCUT2D eigenvalue weighted by Crippen LogP contribution is 2.44. The molecule has 180 valence electrons. The lowest BCUT2D eigenvalue weighted by Gasteiger charge is -2.26. The van der Waals surface area contributed by atoms with Crippen molar-refractivity contribution in [1.29, 1.82) is 0 Å². The van der Waals surface area contributed by atoms with Crippen molar-refractivity contribution in [2.45, 2.75) is 75.0 Å². The molecule has 0 heterocycles. The van der Waals surface area contributed by atoms with Gasteiger partial charge in [-0.15, -0.1) is 0 Å². The predicted molar refractivity (Wildman–Crippen MR) is 138 cm³/mol. The molecule has 2 aromatic rings. The van der Waals surface area contributed by atoms with E-state index in [1.54, 1.807) is 0 Å². The Morgan fingerprint density at radius 3 is 1.30 bits per heavy atom. The fourth-order valence-electron chi connectivity index (χ4n) is 3.64. The highest BCUT2D eigenvalue weighted by Gasteiger charge is 2.24. The van der Waals surface area contributed by atoms with Crippen LogP contribution in [-0.2, 0) is 23.7 Å². The molecule has 0 aromatic heterocycles. The van der Waals surface area contributed by atoms with Gasteiger partial charge in [0.15, 0.2) is 0 Å². The molecule has 0 saturated carbocycles. The maximum Gasteiger partial charge on any atom is 0.266 e. The molecule has 0 saturated heterocycles. The first-order chi connectivity index (χ1) is 15.1. The van der Waals surface area contributed by atoms with Crippen molar-refractivity contribution in [1.82, 2.24) is 0 Å². The Balaban J connectivity index is 2.60. The zero-order valence-electron chi connectivity index (χ0n) is 19.6. The molecule has 33 heavy (non-hydrogen) atoms. The fraction of sp³-hybridized carbons (Fsp3) is 0.385. The van der Waals surface area contributed by atoms with Crippen LogP contribution in [0.2, 0.25) is 0 Å². The third-order valence-corrected chi connectivity index (χ3v) is 8.63. The number of benzene rings is 2. The summed E-state index contributed by atoms with van der Waals surface area (Å²) in [6.45, 7) is 12.3. The first-order valence-electron chi connectivity index (χ1n) is 10.5. The second-order valence-corrected chi connectivity index (χ2v) is 12.5. The lowest BCUT2D eigenvalue weighted by molar-refractivity contribution is 0.417. The molecule has 0 atom stereocenters. The van der Waals surface area contributed by atoms with Crippen LogP contribution >= 0.6 is 43.6 Å². The van der Waals surface area contributed by atoms with E-state index >= 15 is 0 Å². The minimum Gasteiger partial charge on any atom is -0.174 e. The zero-order valence-corrected chi connectivity index (χ0v) is 23.5. The van der Waals surface area contributed by atoms with Crippen molar-refractivity contribution in [3.63, 3.8) is 0 Å². The van der Waals surface area contributed by atoms with Crippen molar-refractivity contribution in [2.75, 3.05) is 0 Å². The van der Waals surface area contributed by atoms with E-state index in [0.29, 0.717) is 0 Å². The quantitative estimate of drug-likeness (QED) is 0.294. The lowest BCUT2D eigenvalue weighted by atomic mass is 9.83. The molecule has 0 fully saturated rings. The molecular weight excluding hydrogens is 580 g/mol. The van der Waals surface area contributed by atoms with Crippen molar-refractivity contribution in [3.8, 4) is 0 Å². The Hall–Kier alpha value is -1.05. The fourth-order valence-corrected chi connectivity index (χ4v) is 6.07.